The van der Waals surface area contributed by atoms with Gasteiger partial charge in [-0.1, -0.05) is 18.2 Å². The summed E-state index contributed by atoms with van der Waals surface area (Å²) in [6.45, 7) is 1.51. The maximum atomic E-state index is 13.7. The molecule has 2 aromatic carbocycles. The van der Waals surface area contributed by atoms with Gasteiger partial charge in [0.25, 0.3) is 11.8 Å². The molecule has 7 N–H and O–H groups in total. The fraction of sp³-hybridized carbons (Fsp3) is 0.300. The minimum absolute atomic E-state index is 0.00564. The van der Waals surface area contributed by atoms with Crippen molar-refractivity contribution in [3.05, 3.63) is 70.0 Å². The van der Waals surface area contributed by atoms with Crippen molar-refractivity contribution < 1.29 is 49.1 Å². The Morgan fingerprint density at radius 1 is 1.10 bits per heavy atom. The highest BCUT2D eigenvalue weighted by Crippen LogP contribution is 2.53. The summed E-state index contributed by atoms with van der Waals surface area (Å²) in [7, 11) is 0. The van der Waals surface area contributed by atoms with E-state index in [1.807, 2.05) is 0 Å². The number of nitrogens with one attached hydrogen (secondary N) is 1. The molecule has 0 bridgehead atoms. The predicted molar refractivity (Wildman–Crippen MR) is 146 cm³/mol. The number of hydrogen-bond donors (Lipinski definition) is 6. The number of fused-ring (bicyclic) bond motifs is 3. The topological polar surface area (TPSA) is 214 Å². The average molecular weight is 577 g/mol. The Labute approximate surface area is 239 Å². The third-order valence-electron chi connectivity index (χ3n) is 8.08. The molecule has 218 valence electrons. The van der Waals surface area contributed by atoms with Gasteiger partial charge in [-0.25, -0.2) is 0 Å². The number of rotatable bonds is 6. The molecule has 1 saturated carbocycles. The Hall–Kier alpha value is -4.97. The smallest absolute Gasteiger partial charge is 0.325 e. The first-order valence-electron chi connectivity index (χ1n) is 13.3. The van der Waals surface area contributed by atoms with Crippen molar-refractivity contribution in [1.82, 2.24) is 5.32 Å². The largest absolute Gasteiger partial charge is 0.508 e. The van der Waals surface area contributed by atoms with E-state index in [0.717, 1.165) is 0 Å². The molecule has 3 aliphatic carbocycles. The molecule has 2 amide bonds. The van der Waals surface area contributed by atoms with Crippen molar-refractivity contribution in [2.24, 2.45) is 17.6 Å². The minimum Gasteiger partial charge on any atom is -0.508 e. The number of nitrogens with two attached hydrogens (primary N) is 1. The van der Waals surface area contributed by atoms with Gasteiger partial charge >= 0.3 is 5.97 Å². The van der Waals surface area contributed by atoms with Crippen LogP contribution in [0.25, 0.3) is 16.9 Å². The van der Waals surface area contributed by atoms with Gasteiger partial charge in [-0.15, -0.1) is 0 Å². The molecule has 3 unspecified atom stereocenters. The van der Waals surface area contributed by atoms with Gasteiger partial charge < -0.3 is 36.2 Å². The van der Waals surface area contributed by atoms with Crippen LogP contribution < -0.4 is 11.1 Å². The number of phenols is 1. The first kappa shape index (κ1) is 28.6. The second kappa shape index (κ2) is 10.5. The summed E-state index contributed by atoms with van der Waals surface area (Å²) in [5.74, 6) is -8.16. The number of aliphatic hydroxyl groups excluding tert-OH is 2. The number of Topliss-reactive ketones (excluding diaryl/α,β-unsaturated/α-hetero) is 2. The number of esters is 1. The van der Waals surface area contributed by atoms with Crippen LogP contribution >= 0.6 is 0 Å². The zero-order valence-electron chi connectivity index (χ0n) is 22.5. The van der Waals surface area contributed by atoms with Crippen molar-refractivity contribution in [1.29, 1.82) is 0 Å². The highest BCUT2D eigenvalue weighted by molar-refractivity contribution is 6.22. The van der Waals surface area contributed by atoms with E-state index in [1.54, 1.807) is 37.3 Å². The van der Waals surface area contributed by atoms with Crippen molar-refractivity contribution in [3.63, 3.8) is 0 Å². The second-order valence-corrected chi connectivity index (χ2v) is 10.5. The number of benzene rings is 2. The van der Waals surface area contributed by atoms with Gasteiger partial charge in [-0.3, -0.25) is 24.0 Å². The number of amides is 2. The van der Waals surface area contributed by atoms with E-state index in [-0.39, 0.29) is 48.4 Å². The Morgan fingerprint density at radius 2 is 1.83 bits per heavy atom. The lowest BCUT2D eigenvalue weighted by atomic mass is 9.59. The molecule has 5 rings (SSSR count). The van der Waals surface area contributed by atoms with Gasteiger partial charge in [0, 0.05) is 23.5 Å². The lowest BCUT2D eigenvalue weighted by Gasteiger charge is -2.46. The third-order valence-corrected chi connectivity index (χ3v) is 8.08. The molecule has 0 spiro atoms. The van der Waals surface area contributed by atoms with Crippen LogP contribution in [0, 0.1) is 11.8 Å². The number of phenolic OH excluding ortho intramolecular Hbond substituents is 1. The number of primary amides is 1. The van der Waals surface area contributed by atoms with Crippen LogP contribution in [0.1, 0.15) is 41.3 Å². The zero-order chi connectivity index (χ0) is 30.5. The van der Waals surface area contributed by atoms with E-state index in [2.05, 4.69) is 5.32 Å². The van der Waals surface area contributed by atoms with E-state index >= 15 is 0 Å². The number of ketones is 2. The molecule has 0 aromatic heterocycles. The summed E-state index contributed by atoms with van der Waals surface area (Å²) >= 11 is 0. The standard InChI is InChI=1S/C30H28N2O10/c1-2-42-21(35)12-32-29(40)14-5-3-4-13(8-14)17-6-7-19(33)23-18(17)10-15-9-16-11-20(34)24(28(31)39)27(38)30(16,41)26(37)22(15)25(23)36/h3-8,15-16,33,36,38,41H,2,9-12H2,1H3,(H2,31,39)(H,32,40). The molecule has 0 aliphatic heterocycles. The number of aromatic hydroxyl groups is 1. The van der Waals surface area contributed by atoms with E-state index < -0.39 is 70.3 Å². The van der Waals surface area contributed by atoms with E-state index in [0.29, 0.717) is 16.7 Å². The van der Waals surface area contributed by atoms with Crippen LogP contribution in [-0.4, -0.2) is 68.5 Å². The molecule has 42 heavy (non-hydrogen) atoms. The SMILES string of the molecule is CCOC(=O)CNC(=O)c1cccc(-c2ccc(O)c3c2CC2CC4CC(=O)C(C(N)=O)=C(O)C4(O)C(=O)C2=C3O)c1. The first-order valence-corrected chi connectivity index (χ1v) is 13.3. The maximum absolute atomic E-state index is 13.7. The fourth-order valence-corrected chi connectivity index (χ4v) is 6.19. The number of carbonyl (C=O) groups excluding carboxylic acids is 5. The van der Waals surface area contributed by atoms with E-state index in [4.69, 9.17) is 10.5 Å². The molecular weight excluding hydrogens is 548 g/mol. The van der Waals surface area contributed by atoms with E-state index in [1.165, 1.54) is 6.07 Å². The highest BCUT2D eigenvalue weighted by atomic mass is 16.5. The molecule has 3 aliphatic rings. The number of hydrogen-bond acceptors (Lipinski definition) is 10. The molecule has 0 saturated heterocycles. The highest BCUT2D eigenvalue weighted by Gasteiger charge is 2.60. The normalized spacial score (nSPS) is 23.1. The van der Waals surface area contributed by atoms with Gasteiger partial charge in [-0.2, -0.15) is 0 Å². The van der Waals surface area contributed by atoms with Crippen LogP contribution in [0.15, 0.2) is 53.3 Å². The fourth-order valence-electron chi connectivity index (χ4n) is 6.19. The second-order valence-electron chi connectivity index (χ2n) is 10.5. The minimum atomic E-state index is -2.64. The Bertz CT molecular complexity index is 1640. The summed E-state index contributed by atoms with van der Waals surface area (Å²) in [4.78, 5) is 62.4. The summed E-state index contributed by atoms with van der Waals surface area (Å²) in [5.41, 5.74) is 3.20. The Kier molecular flexibility index (Phi) is 7.11. The van der Waals surface area contributed by atoms with Crippen LogP contribution in [0.3, 0.4) is 0 Å². The van der Waals surface area contributed by atoms with Gasteiger partial charge in [0.05, 0.1) is 12.2 Å². The van der Waals surface area contributed by atoms with Gasteiger partial charge in [0.1, 0.15) is 29.4 Å². The van der Waals surface area contributed by atoms with Crippen molar-refractivity contribution >= 4 is 35.1 Å². The van der Waals surface area contributed by atoms with Gasteiger partial charge in [0.15, 0.2) is 11.4 Å². The first-order chi connectivity index (χ1) is 19.9. The summed E-state index contributed by atoms with van der Waals surface area (Å²) in [6.07, 6.45) is -0.316. The average Bonchev–Trinajstić information content (AvgIpc) is 2.94. The molecular formula is C30H28N2O10. The van der Waals surface area contributed by atoms with Crippen molar-refractivity contribution in [2.75, 3.05) is 13.2 Å². The van der Waals surface area contributed by atoms with Crippen molar-refractivity contribution in [2.45, 2.75) is 31.8 Å². The van der Waals surface area contributed by atoms with E-state index in [9.17, 15) is 44.4 Å². The Morgan fingerprint density at radius 3 is 2.52 bits per heavy atom. The monoisotopic (exact) mass is 576 g/mol. The lowest BCUT2D eigenvalue weighted by Crippen LogP contribution is -2.58. The quantitative estimate of drug-likeness (QED) is 0.215. The van der Waals surface area contributed by atoms with Crippen LogP contribution in [0.4, 0.5) is 0 Å². The zero-order valence-corrected chi connectivity index (χ0v) is 22.5. The molecule has 1 fully saturated rings. The van der Waals surface area contributed by atoms with Crippen LogP contribution in [0.5, 0.6) is 5.75 Å². The van der Waals surface area contributed by atoms with Gasteiger partial charge in [-0.05, 0) is 60.6 Å². The summed E-state index contributed by atoms with van der Waals surface area (Å²) in [5, 5.41) is 46.6. The molecule has 0 heterocycles. The lowest BCUT2D eigenvalue weighted by molar-refractivity contribution is -0.147. The molecule has 2 aromatic rings. The van der Waals surface area contributed by atoms with Crippen molar-refractivity contribution in [3.8, 4) is 16.9 Å². The molecule has 3 atom stereocenters. The summed E-state index contributed by atoms with van der Waals surface area (Å²) < 4.78 is 4.82. The summed E-state index contributed by atoms with van der Waals surface area (Å²) in [6, 6.07) is 9.37. The number of carbonyl (C=O) groups is 5. The molecule has 12 nitrogen and oxygen atoms in total. The van der Waals surface area contributed by atoms with Gasteiger partial charge in [0.2, 0.25) is 5.78 Å². The van der Waals surface area contributed by atoms with Crippen LogP contribution in [0.2, 0.25) is 0 Å². The van der Waals surface area contributed by atoms with Crippen LogP contribution in [-0.2, 0) is 30.3 Å². The number of ether oxygens (including phenoxy) is 1. The third kappa shape index (κ3) is 4.40. The number of aliphatic hydroxyl groups is 3. The Balaban J connectivity index is 1.56. The predicted octanol–water partition coefficient (Wildman–Crippen LogP) is 1.38. The molecule has 0 radical (unpaired) electrons. The maximum Gasteiger partial charge on any atom is 0.325 e. The molecule has 12 heteroatoms.